The Labute approximate surface area is 125 Å². The number of aromatic nitrogens is 4. The SMILES string of the molecule is O=C(Cc1ccccc1F)Nc1ccc(-n2cnnn2)cc1. The molecule has 0 aliphatic carbocycles. The summed E-state index contributed by atoms with van der Waals surface area (Å²) in [4.78, 5) is 11.9. The molecule has 0 unspecified atom stereocenters. The fourth-order valence-electron chi connectivity index (χ4n) is 2.00. The maximum absolute atomic E-state index is 13.5. The van der Waals surface area contributed by atoms with Crippen molar-refractivity contribution in [1.82, 2.24) is 20.2 Å². The molecule has 6 nitrogen and oxygen atoms in total. The van der Waals surface area contributed by atoms with Gasteiger partial charge in [0.1, 0.15) is 12.1 Å². The second-order valence-electron chi connectivity index (χ2n) is 4.62. The minimum atomic E-state index is -0.383. The Balaban J connectivity index is 1.66. The van der Waals surface area contributed by atoms with Gasteiger partial charge in [0.15, 0.2) is 0 Å². The molecular formula is C15H12FN5O. The average molecular weight is 297 g/mol. The van der Waals surface area contributed by atoms with Crippen LogP contribution in [0.5, 0.6) is 0 Å². The Bertz CT molecular complexity index is 771. The van der Waals surface area contributed by atoms with Gasteiger partial charge in [-0.1, -0.05) is 18.2 Å². The molecule has 0 spiro atoms. The van der Waals surface area contributed by atoms with E-state index in [1.165, 1.54) is 17.1 Å². The maximum Gasteiger partial charge on any atom is 0.228 e. The van der Waals surface area contributed by atoms with E-state index < -0.39 is 0 Å². The molecule has 1 N–H and O–H groups in total. The summed E-state index contributed by atoms with van der Waals surface area (Å²) in [6, 6.07) is 13.2. The second kappa shape index (κ2) is 6.13. The number of tetrazole rings is 1. The maximum atomic E-state index is 13.5. The Morgan fingerprint density at radius 3 is 2.59 bits per heavy atom. The van der Waals surface area contributed by atoms with Crippen LogP contribution in [0.25, 0.3) is 5.69 Å². The van der Waals surface area contributed by atoms with Gasteiger partial charge in [0.25, 0.3) is 0 Å². The van der Waals surface area contributed by atoms with Crippen molar-refractivity contribution in [3.8, 4) is 5.69 Å². The van der Waals surface area contributed by atoms with Crippen molar-refractivity contribution in [2.75, 3.05) is 5.32 Å². The first-order valence-electron chi connectivity index (χ1n) is 6.59. The smallest absolute Gasteiger partial charge is 0.228 e. The lowest BCUT2D eigenvalue weighted by atomic mass is 10.1. The van der Waals surface area contributed by atoms with Gasteiger partial charge in [-0.15, -0.1) is 5.10 Å². The normalized spacial score (nSPS) is 10.4. The summed E-state index contributed by atoms with van der Waals surface area (Å²) in [7, 11) is 0. The van der Waals surface area contributed by atoms with Crippen molar-refractivity contribution in [1.29, 1.82) is 0 Å². The third-order valence-electron chi connectivity index (χ3n) is 3.07. The lowest BCUT2D eigenvalue weighted by Gasteiger charge is -2.07. The summed E-state index contributed by atoms with van der Waals surface area (Å²) in [5.41, 5.74) is 1.76. The third kappa shape index (κ3) is 3.14. The second-order valence-corrected chi connectivity index (χ2v) is 4.62. The standard InChI is InChI=1S/C15H12FN5O/c16-14-4-2-1-3-11(14)9-15(22)18-12-5-7-13(8-6-12)21-10-17-19-20-21/h1-8,10H,9H2,(H,18,22). The van der Waals surface area contributed by atoms with Gasteiger partial charge in [-0.05, 0) is 46.3 Å². The molecule has 1 heterocycles. The monoisotopic (exact) mass is 297 g/mol. The van der Waals surface area contributed by atoms with Crippen molar-refractivity contribution < 1.29 is 9.18 Å². The Morgan fingerprint density at radius 1 is 1.14 bits per heavy atom. The molecule has 0 fully saturated rings. The average Bonchev–Trinajstić information content (AvgIpc) is 3.05. The van der Waals surface area contributed by atoms with E-state index in [0.717, 1.165) is 5.69 Å². The number of carbonyl (C=O) groups is 1. The van der Waals surface area contributed by atoms with E-state index in [2.05, 4.69) is 20.8 Å². The van der Waals surface area contributed by atoms with Gasteiger partial charge in [-0.2, -0.15) is 0 Å². The molecule has 3 aromatic rings. The summed E-state index contributed by atoms with van der Waals surface area (Å²) < 4.78 is 15.0. The molecule has 1 aromatic heterocycles. The first kappa shape index (κ1) is 13.9. The zero-order chi connectivity index (χ0) is 15.4. The molecule has 7 heteroatoms. The predicted molar refractivity (Wildman–Crippen MR) is 77.9 cm³/mol. The van der Waals surface area contributed by atoms with Gasteiger partial charge in [0, 0.05) is 5.69 Å². The van der Waals surface area contributed by atoms with Crippen molar-refractivity contribution in [3.05, 3.63) is 66.2 Å². The van der Waals surface area contributed by atoms with E-state index in [4.69, 9.17) is 0 Å². The number of rotatable bonds is 4. The fraction of sp³-hybridized carbons (Fsp3) is 0.0667. The van der Waals surface area contributed by atoms with Crippen LogP contribution in [0, 0.1) is 5.82 Å². The summed E-state index contributed by atoms with van der Waals surface area (Å²) in [6.45, 7) is 0. The molecule has 110 valence electrons. The van der Waals surface area contributed by atoms with Crippen LogP contribution in [0.4, 0.5) is 10.1 Å². The van der Waals surface area contributed by atoms with Gasteiger partial charge >= 0.3 is 0 Å². The van der Waals surface area contributed by atoms with Crippen molar-refractivity contribution in [2.24, 2.45) is 0 Å². The number of hydrogen-bond donors (Lipinski definition) is 1. The van der Waals surface area contributed by atoms with E-state index in [9.17, 15) is 9.18 Å². The minimum absolute atomic E-state index is 0.0125. The number of carbonyl (C=O) groups excluding carboxylic acids is 1. The molecular weight excluding hydrogens is 285 g/mol. The summed E-state index contributed by atoms with van der Waals surface area (Å²) in [6.07, 6.45) is 1.47. The molecule has 1 amide bonds. The van der Waals surface area contributed by atoms with Crippen LogP contribution >= 0.6 is 0 Å². The molecule has 2 aromatic carbocycles. The van der Waals surface area contributed by atoms with Gasteiger partial charge < -0.3 is 5.32 Å². The number of amides is 1. The summed E-state index contributed by atoms with van der Waals surface area (Å²) in [5, 5.41) is 13.6. The predicted octanol–water partition coefficient (Wildman–Crippen LogP) is 1.98. The highest BCUT2D eigenvalue weighted by molar-refractivity contribution is 5.92. The van der Waals surface area contributed by atoms with E-state index in [1.54, 1.807) is 42.5 Å². The van der Waals surface area contributed by atoms with Gasteiger partial charge in [0.05, 0.1) is 12.1 Å². The Kier molecular flexibility index (Phi) is 3.86. The topological polar surface area (TPSA) is 72.7 Å². The van der Waals surface area contributed by atoms with E-state index in [1.807, 2.05) is 0 Å². The van der Waals surface area contributed by atoms with Gasteiger partial charge in [0.2, 0.25) is 5.91 Å². The lowest BCUT2D eigenvalue weighted by Crippen LogP contribution is -2.15. The first-order valence-corrected chi connectivity index (χ1v) is 6.59. The number of hydrogen-bond acceptors (Lipinski definition) is 4. The molecule has 0 radical (unpaired) electrons. The molecule has 0 saturated carbocycles. The van der Waals surface area contributed by atoms with Crippen molar-refractivity contribution >= 4 is 11.6 Å². The van der Waals surface area contributed by atoms with E-state index >= 15 is 0 Å². The van der Waals surface area contributed by atoms with Crippen LogP contribution < -0.4 is 5.32 Å². The Hall–Kier alpha value is -3.09. The number of nitrogens with one attached hydrogen (secondary N) is 1. The fourth-order valence-corrected chi connectivity index (χ4v) is 2.00. The molecule has 0 saturated heterocycles. The largest absolute Gasteiger partial charge is 0.326 e. The van der Waals surface area contributed by atoms with E-state index in [0.29, 0.717) is 11.3 Å². The third-order valence-corrected chi connectivity index (χ3v) is 3.07. The molecule has 22 heavy (non-hydrogen) atoms. The van der Waals surface area contributed by atoms with Crippen LogP contribution in [0.15, 0.2) is 54.9 Å². The zero-order valence-corrected chi connectivity index (χ0v) is 11.5. The molecule has 0 bridgehead atoms. The van der Waals surface area contributed by atoms with Crippen LogP contribution in [0.2, 0.25) is 0 Å². The Morgan fingerprint density at radius 2 is 1.91 bits per heavy atom. The number of halogens is 1. The zero-order valence-electron chi connectivity index (χ0n) is 11.5. The van der Waals surface area contributed by atoms with Gasteiger partial charge in [-0.25, -0.2) is 9.07 Å². The highest BCUT2D eigenvalue weighted by atomic mass is 19.1. The molecule has 0 atom stereocenters. The number of nitrogens with zero attached hydrogens (tertiary/aromatic N) is 4. The van der Waals surface area contributed by atoms with Crippen LogP contribution in [-0.4, -0.2) is 26.1 Å². The number of benzene rings is 2. The molecule has 3 rings (SSSR count). The van der Waals surface area contributed by atoms with Crippen LogP contribution in [0.3, 0.4) is 0 Å². The highest BCUT2D eigenvalue weighted by Crippen LogP contribution is 2.13. The molecule has 0 aliphatic rings. The minimum Gasteiger partial charge on any atom is -0.326 e. The van der Waals surface area contributed by atoms with Gasteiger partial charge in [-0.3, -0.25) is 4.79 Å². The van der Waals surface area contributed by atoms with Crippen LogP contribution in [0.1, 0.15) is 5.56 Å². The number of anilines is 1. The van der Waals surface area contributed by atoms with Crippen molar-refractivity contribution in [2.45, 2.75) is 6.42 Å². The summed E-state index contributed by atoms with van der Waals surface area (Å²) >= 11 is 0. The quantitative estimate of drug-likeness (QED) is 0.799. The van der Waals surface area contributed by atoms with Crippen molar-refractivity contribution in [3.63, 3.8) is 0 Å². The lowest BCUT2D eigenvalue weighted by molar-refractivity contribution is -0.115. The summed E-state index contributed by atoms with van der Waals surface area (Å²) in [5.74, 6) is -0.660. The highest BCUT2D eigenvalue weighted by Gasteiger charge is 2.08. The van der Waals surface area contributed by atoms with E-state index in [-0.39, 0.29) is 18.1 Å². The first-order chi connectivity index (χ1) is 10.7. The molecule has 0 aliphatic heterocycles. The van der Waals surface area contributed by atoms with Crippen LogP contribution in [-0.2, 0) is 11.2 Å².